The maximum absolute atomic E-state index is 12.9. The summed E-state index contributed by atoms with van der Waals surface area (Å²) in [6.07, 6.45) is 5.31. The summed E-state index contributed by atoms with van der Waals surface area (Å²) in [4.78, 5) is 29.1. The van der Waals surface area contributed by atoms with Gasteiger partial charge < -0.3 is 9.80 Å². The predicted octanol–water partition coefficient (Wildman–Crippen LogP) is 1.35. The molecule has 0 radical (unpaired) electrons. The van der Waals surface area contributed by atoms with E-state index in [1.807, 2.05) is 9.80 Å². The highest BCUT2D eigenvalue weighted by Crippen LogP contribution is 2.13. The van der Waals surface area contributed by atoms with E-state index < -0.39 is 5.82 Å². The smallest absolute Gasteiger partial charge is 0.227 e. The fourth-order valence-electron chi connectivity index (χ4n) is 2.43. The minimum atomic E-state index is -0.445. The average Bonchev–Trinajstić information content (AvgIpc) is 2.90. The first-order chi connectivity index (χ1) is 10.7. The van der Waals surface area contributed by atoms with Crippen molar-refractivity contribution in [3.05, 3.63) is 34.8 Å². The Bertz CT molecular complexity index is 619. The number of aromatic nitrogens is 3. The van der Waals surface area contributed by atoms with Gasteiger partial charge in [0.1, 0.15) is 0 Å². The van der Waals surface area contributed by atoms with Gasteiger partial charge in [0.15, 0.2) is 5.82 Å². The molecule has 0 saturated carbocycles. The van der Waals surface area contributed by atoms with Crippen LogP contribution in [0.1, 0.15) is 11.3 Å². The number of nitrogens with zero attached hydrogens (tertiary/aromatic N) is 5. The quantitative estimate of drug-likeness (QED) is 0.854. The van der Waals surface area contributed by atoms with E-state index >= 15 is 0 Å². The van der Waals surface area contributed by atoms with Crippen LogP contribution in [0, 0.1) is 5.82 Å². The van der Waals surface area contributed by atoms with Crippen molar-refractivity contribution >= 4 is 23.2 Å². The molecule has 2 aromatic heterocycles. The van der Waals surface area contributed by atoms with Gasteiger partial charge in [-0.3, -0.25) is 9.78 Å². The maximum Gasteiger partial charge on any atom is 0.227 e. The Kier molecular flexibility index (Phi) is 4.57. The van der Waals surface area contributed by atoms with Gasteiger partial charge in [-0.05, 0) is 6.42 Å². The summed E-state index contributed by atoms with van der Waals surface area (Å²) in [5, 5.41) is 0. The third-order valence-corrected chi connectivity index (χ3v) is 4.33. The Morgan fingerprint density at radius 1 is 1.18 bits per heavy atom. The van der Waals surface area contributed by atoms with Crippen LogP contribution in [0.25, 0.3) is 0 Å². The number of thiazole rings is 1. The van der Waals surface area contributed by atoms with Crippen molar-refractivity contribution in [2.45, 2.75) is 12.8 Å². The predicted molar refractivity (Wildman–Crippen MR) is 81.2 cm³/mol. The second kappa shape index (κ2) is 6.78. The zero-order chi connectivity index (χ0) is 15.4. The minimum absolute atomic E-state index is 0.117. The van der Waals surface area contributed by atoms with Crippen molar-refractivity contribution in [1.29, 1.82) is 0 Å². The Balaban J connectivity index is 1.59. The molecule has 0 N–H and O–H groups in total. The summed E-state index contributed by atoms with van der Waals surface area (Å²) in [5.41, 5.74) is 1.73. The number of carbonyl (C=O) groups excluding carboxylic acids is 1. The molecular formula is C14H16FN5OS. The van der Waals surface area contributed by atoms with E-state index in [0.29, 0.717) is 25.5 Å². The van der Waals surface area contributed by atoms with Crippen LogP contribution in [0.15, 0.2) is 24.1 Å². The van der Waals surface area contributed by atoms with Crippen molar-refractivity contribution in [3.63, 3.8) is 0 Å². The average molecular weight is 321 g/mol. The number of anilines is 1. The van der Waals surface area contributed by atoms with Gasteiger partial charge >= 0.3 is 0 Å². The molecule has 1 saturated heterocycles. The van der Waals surface area contributed by atoms with Crippen molar-refractivity contribution in [2.75, 3.05) is 31.1 Å². The Labute approximate surface area is 131 Å². The number of carbonyl (C=O) groups is 1. The second-order valence-electron chi connectivity index (χ2n) is 5.07. The first-order valence-corrected chi connectivity index (χ1v) is 7.98. The maximum atomic E-state index is 12.9. The van der Waals surface area contributed by atoms with E-state index in [9.17, 15) is 9.18 Å². The molecule has 0 unspecified atom stereocenters. The lowest BCUT2D eigenvalue weighted by Crippen LogP contribution is -2.36. The largest absolute Gasteiger partial charge is 0.341 e. The van der Waals surface area contributed by atoms with Crippen LogP contribution in [0.2, 0.25) is 0 Å². The molecule has 22 heavy (non-hydrogen) atoms. The van der Waals surface area contributed by atoms with Crippen LogP contribution < -0.4 is 4.90 Å². The van der Waals surface area contributed by atoms with Crippen LogP contribution >= 0.6 is 11.3 Å². The molecular weight excluding hydrogens is 305 g/mol. The number of hydrogen-bond acceptors (Lipinski definition) is 6. The molecule has 0 atom stereocenters. The zero-order valence-electron chi connectivity index (χ0n) is 12.0. The van der Waals surface area contributed by atoms with E-state index in [4.69, 9.17) is 0 Å². The van der Waals surface area contributed by atoms with Gasteiger partial charge in [-0.1, -0.05) is 0 Å². The second-order valence-corrected chi connectivity index (χ2v) is 6.04. The van der Waals surface area contributed by atoms with Crippen LogP contribution in [-0.4, -0.2) is 51.9 Å². The lowest BCUT2D eigenvalue weighted by atomic mass is 10.3. The van der Waals surface area contributed by atoms with Crippen LogP contribution in [0.4, 0.5) is 10.3 Å². The molecule has 6 nitrogen and oxygen atoms in total. The molecule has 2 aromatic rings. The van der Waals surface area contributed by atoms with E-state index in [1.54, 1.807) is 11.7 Å². The van der Waals surface area contributed by atoms with Crippen LogP contribution in [-0.2, 0) is 11.2 Å². The fraction of sp³-hybridized carbons (Fsp3) is 0.429. The third kappa shape index (κ3) is 3.56. The van der Waals surface area contributed by atoms with Gasteiger partial charge in [0.2, 0.25) is 11.9 Å². The highest BCUT2D eigenvalue weighted by Gasteiger charge is 2.20. The molecule has 1 aliphatic rings. The molecule has 0 aromatic carbocycles. The van der Waals surface area contributed by atoms with E-state index in [1.165, 1.54) is 23.7 Å². The molecule has 0 spiro atoms. The standard InChI is InChI=1S/C14H16FN5OS/c15-11-7-17-14(18-8-11)20-3-1-2-19(4-5-20)13(21)6-12-9-16-10-22-12/h7-10H,1-6H2. The third-order valence-electron chi connectivity index (χ3n) is 3.55. The molecule has 1 aliphatic heterocycles. The summed E-state index contributed by atoms with van der Waals surface area (Å²) in [7, 11) is 0. The first kappa shape index (κ1) is 14.8. The monoisotopic (exact) mass is 321 g/mol. The summed E-state index contributed by atoms with van der Waals surface area (Å²) in [6.45, 7) is 2.75. The van der Waals surface area contributed by atoms with Crippen molar-refractivity contribution in [3.8, 4) is 0 Å². The van der Waals surface area contributed by atoms with Gasteiger partial charge in [-0.15, -0.1) is 11.3 Å². The van der Waals surface area contributed by atoms with Crippen molar-refractivity contribution in [1.82, 2.24) is 19.9 Å². The van der Waals surface area contributed by atoms with E-state index in [0.717, 1.165) is 24.4 Å². The number of halogens is 1. The zero-order valence-corrected chi connectivity index (χ0v) is 12.8. The fourth-order valence-corrected chi connectivity index (χ4v) is 3.01. The lowest BCUT2D eigenvalue weighted by Gasteiger charge is -2.21. The Hall–Kier alpha value is -2.09. The van der Waals surface area contributed by atoms with Crippen LogP contribution in [0.5, 0.6) is 0 Å². The van der Waals surface area contributed by atoms with Gasteiger partial charge in [0.25, 0.3) is 0 Å². The molecule has 116 valence electrons. The topological polar surface area (TPSA) is 62.2 Å². The highest BCUT2D eigenvalue weighted by molar-refractivity contribution is 7.09. The number of amides is 1. The lowest BCUT2D eigenvalue weighted by molar-refractivity contribution is -0.130. The number of hydrogen-bond donors (Lipinski definition) is 0. The van der Waals surface area contributed by atoms with Crippen molar-refractivity contribution in [2.24, 2.45) is 0 Å². The normalized spacial score (nSPS) is 15.7. The Morgan fingerprint density at radius 3 is 2.73 bits per heavy atom. The molecule has 3 rings (SSSR count). The molecule has 3 heterocycles. The minimum Gasteiger partial charge on any atom is -0.341 e. The summed E-state index contributed by atoms with van der Waals surface area (Å²) >= 11 is 1.49. The molecule has 0 aliphatic carbocycles. The summed E-state index contributed by atoms with van der Waals surface area (Å²) in [5.74, 6) is 0.184. The van der Waals surface area contributed by atoms with Crippen LogP contribution in [0.3, 0.4) is 0 Å². The SMILES string of the molecule is O=C(Cc1cncs1)N1CCCN(c2ncc(F)cn2)CC1. The molecule has 1 fully saturated rings. The first-order valence-electron chi connectivity index (χ1n) is 7.10. The molecule has 1 amide bonds. The van der Waals surface area contributed by atoms with Gasteiger partial charge in [-0.25, -0.2) is 14.4 Å². The van der Waals surface area contributed by atoms with Gasteiger partial charge in [0, 0.05) is 37.3 Å². The number of rotatable bonds is 3. The summed E-state index contributed by atoms with van der Waals surface area (Å²) < 4.78 is 12.9. The molecule has 0 bridgehead atoms. The van der Waals surface area contributed by atoms with E-state index in [-0.39, 0.29) is 5.91 Å². The molecule has 8 heteroatoms. The van der Waals surface area contributed by atoms with E-state index in [2.05, 4.69) is 15.0 Å². The van der Waals surface area contributed by atoms with Crippen molar-refractivity contribution < 1.29 is 9.18 Å². The van der Waals surface area contributed by atoms with Gasteiger partial charge in [-0.2, -0.15) is 0 Å². The highest BCUT2D eigenvalue weighted by atomic mass is 32.1. The summed E-state index contributed by atoms with van der Waals surface area (Å²) in [6, 6.07) is 0. The van der Waals surface area contributed by atoms with Gasteiger partial charge in [0.05, 0.1) is 24.3 Å². The Morgan fingerprint density at radius 2 is 2.00 bits per heavy atom.